The number of aryl methyl sites for hydroxylation is 6. The SMILES string of the molecule is Cc1c[c-]c(-c2cc(C)c(C)cn2)cc1.Cc1ccc(-c2cc(-c3[c-]ccc4c3Oc3cccc5c3B4c3ccccc3O5)ncc2C)c(C)c1.[Ir]. The Morgan fingerprint density at radius 1 is 0.558 bits per heavy atom. The molecule has 0 saturated carbocycles. The zero-order chi connectivity index (χ0) is 35.2. The summed E-state index contributed by atoms with van der Waals surface area (Å²) in [4.78, 5) is 9.24. The van der Waals surface area contributed by atoms with Crippen molar-refractivity contribution in [1.29, 1.82) is 0 Å². The zero-order valence-corrected chi connectivity index (χ0v) is 32.5. The first kappa shape index (κ1) is 35.1. The van der Waals surface area contributed by atoms with E-state index in [2.05, 4.69) is 119 Å². The molecule has 9 rings (SSSR count). The maximum atomic E-state index is 6.59. The minimum Gasteiger partial charge on any atom is -0.503 e. The summed E-state index contributed by atoms with van der Waals surface area (Å²) < 4.78 is 12.8. The minimum absolute atomic E-state index is 0. The Morgan fingerprint density at radius 2 is 1.29 bits per heavy atom. The van der Waals surface area contributed by atoms with Crippen LogP contribution in [-0.2, 0) is 20.1 Å². The number of fused-ring (bicyclic) bond motifs is 4. The summed E-state index contributed by atoms with van der Waals surface area (Å²) in [5.41, 5.74) is 16.9. The van der Waals surface area contributed by atoms with Crippen LogP contribution in [0.2, 0.25) is 0 Å². The standard InChI is InChI=1S/C32H23BNO2.C14H14N.Ir/c1-19-14-15-22(20(2)16-19)24-17-27(34-18-21(24)3)23-8-6-10-26-32(23)36-30-13-7-12-29-31(30)33(26)25-9-4-5-11-28(25)35-29;1-10-4-6-13(7-5-10)14-8-11(2)12(3)9-15-14;/h4-7,9-18H,1-3H3;4-6,8-9H,1-3H3;/q2*-1;. The van der Waals surface area contributed by atoms with Crippen LogP contribution in [0.1, 0.15) is 33.4 Å². The van der Waals surface area contributed by atoms with E-state index in [9.17, 15) is 0 Å². The molecule has 2 aliphatic rings. The van der Waals surface area contributed by atoms with E-state index >= 15 is 0 Å². The first-order valence-electron chi connectivity index (χ1n) is 17.3. The van der Waals surface area contributed by atoms with Crippen LogP contribution in [0.5, 0.6) is 23.0 Å². The number of pyridine rings is 2. The van der Waals surface area contributed by atoms with Crippen LogP contribution in [0.15, 0.2) is 116 Å². The van der Waals surface area contributed by atoms with E-state index in [1.54, 1.807) is 0 Å². The molecule has 5 aromatic carbocycles. The van der Waals surface area contributed by atoms with Gasteiger partial charge < -0.3 is 19.4 Å². The molecule has 257 valence electrons. The molecule has 4 nitrogen and oxygen atoms in total. The average molecular weight is 853 g/mol. The van der Waals surface area contributed by atoms with Gasteiger partial charge in [-0.1, -0.05) is 78.2 Å². The van der Waals surface area contributed by atoms with E-state index in [4.69, 9.17) is 14.5 Å². The molecule has 0 fully saturated rings. The van der Waals surface area contributed by atoms with E-state index in [0.29, 0.717) is 0 Å². The van der Waals surface area contributed by atoms with E-state index < -0.39 is 0 Å². The smallest absolute Gasteiger partial charge is 0.241 e. The molecule has 0 unspecified atom stereocenters. The van der Waals surface area contributed by atoms with Crippen molar-refractivity contribution in [2.75, 3.05) is 0 Å². The predicted octanol–water partition coefficient (Wildman–Crippen LogP) is 9.34. The Morgan fingerprint density at radius 3 is 2.06 bits per heavy atom. The molecule has 7 aromatic rings. The van der Waals surface area contributed by atoms with E-state index in [-0.39, 0.29) is 26.8 Å². The monoisotopic (exact) mass is 853 g/mol. The van der Waals surface area contributed by atoms with Crippen LogP contribution in [0, 0.1) is 53.7 Å². The van der Waals surface area contributed by atoms with Crippen molar-refractivity contribution in [3.05, 3.63) is 161 Å². The Kier molecular flexibility index (Phi) is 9.72. The van der Waals surface area contributed by atoms with Crippen molar-refractivity contribution in [2.24, 2.45) is 0 Å². The number of benzene rings is 5. The molecule has 4 heterocycles. The van der Waals surface area contributed by atoms with Crippen molar-refractivity contribution < 1.29 is 29.6 Å². The van der Waals surface area contributed by atoms with E-state index in [1.807, 2.05) is 54.9 Å². The summed E-state index contributed by atoms with van der Waals surface area (Å²) in [5, 5.41) is 0. The van der Waals surface area contributed by atoms with Crippen molar-refractivity contribution in [2.45, 2.75) is 41.5 Å². The third-order valence-electron chi connectivity index (χ3n) is 9.92. The summed E-state index contributed by atoms with van der Waals surface area (Å²) in [7, 11) is 0. The molecular weight excluding hydrogens is 816 g/mol. The fourth-order valence-electron chi connectivity index (χ4n) is 7.03. The molecule has 0 atom stereocenters. The van der Waals surface area contributed by atoms with Gasteiger partial charge in [-0.2, -0.15) is 0 Å². The topological polar surface area (TPSA) is 44.2 Å². The van der Waals surface area contributed by atoms with E-state index in [1.165, 1.54) is 38.9 Å². The third kappa shape index (κ3) is 6.49. The number of rotatable bonds is 3. The van der Waals surface area contributed by atoms with Gasteiger partial charge in [0.2, 0.25) is 6.71 Å². The van der Waals surface area contributed by atoms with Gasteiger partial charge in [-0.3, -0.25) is 0 Å². The fourth-order valence-corrected chi connectivity index (χ4v) is 7.03. The molecule has 0 saturated heterocycles. The summed E-state index contributed by atoms with van der Waals surface area (Å²) in [5.74, 6) is 3.37. The third-order valence-corrected chi connectivity index (χ3v) is 9.92. The second-order valence-electron chi connectivity index (χ2n) is 13.6. The average Bonchev–Trinajstić information content (AvgIpc) is 3.13. The van der Waals surface area contributed by atoms with Crippen LogP contribution < -0.4 is 25.9 Å². The number of hydrogen-bond acceptors (Lipinski definition) is 4. The molecule has 52 heavy (non-hydrogen) atoms. The summed E-state index contributed by atoms with van der Waals surface area (Å²) >= 11 is 0. The summed E-state index contributed by atoms with van der Waals surface area (Å²) in [6, 6.07) is 42.1. The van der Waals surface area contributed by atoms with Crippen molar-refractivity contribution in [3.63, 3.8) is 0 Å². The van der Waals surface area contributed by atoms with Crippen molar-refractivity contribution in [3.8, 4) is 56.6 Å². The predicted molar refractivity (Wildman–Crippen MR) is 209 cm³/mol. The molecule has 1 radical (unpaired) electrons. The molecule has 6 heteroatoms. The molecule has 0 spiro atoms. The van der Waals surface area contributed by atoms with Crippen LogP contribution >= 0.6 is 0 Å². The van der Waals surface area contributed by atoms with Gasteiger partial charge in [0.1, 0.15) is 17.2 Å². The fraction of sp³-hybridized carbons (Fsp3) is 0.130. The number of para-hydroxylation sites is 1. The van der Waals surface area contributed by atoms with Crippen LogP contribution in [0.25, 0.3) is 33.6 Å². The van der Waals surface area contributed by atoms with Crippen molar-refractivity contribution >= 4 is 23.1 Å². The largest absolute Gasteiger partial charge is 0.503 e. The Labute approximate surface area is 320 Å². The van der Waals surface area contributed by atoms with Crippen LogP contribution in [0.3, 0.4) is 0 Å². The Balaban J connectivity index is 0.000000222. The van der Waals surface area contributed by atoms with Gasteiger partial charge in [0.25, 0.3) is 0 Å². The van der Waals surface area contributed by atoms with Gasteiger partial charge >= 0.3 is 0 Å². The Bertz CT molecular complexity index is 2460. The first-order chi connectivity index (χ1) is 24.7. The summed E-state index contributed by atoms with van der Waals surface area (Å²) in [6.07, 6.45) is 3.87. The zero-order valence-electron chi connectivity index (χ0n) is 30.1. The van der Waals surface area contributed by atoms with Crippen molar-refractivity contribution in [1.82, 2.24) is 9.97 Å². The minimum atomic E-state index is 0. The normalized spacial score (nSPS) is 11.8. The van der Waals surface area contributed by atoms with Gasteiger partial charge in [0, 0.05) is 43.7 Å². The number of aromatic nitrogens is 2. The quantitative estimate of drug-likeness (QED) is 0.131. The molecule has 2 aromatic heterocycles. The number of ether oxygens (including phenoxy) is 2. The number of nitrogens with zero attached hydrogens (tertiary/aromatic N) is 2. The van der Waals surface area contributed by atoms with Gasteiger partial charge in [0.05, 0.1) is 0 Å². The first-order valence-corrected chi connectivity index (χ1v) is 17.3. The van der Waals surface area contributed by atoms with Gasteiger partial charge in [0.15, 0.2) is 0 Å². The summed E-state index contributed by atoms with van der Waals surface area (Å²) in [6.45, 7) is 12.7. The Hall–Kier alpha value is -5.29. The van der Waals surface area contributed by atoms with Crippen LogP contribution in [0.4, 0.5) is 0 Å². The second-order valence-corrected chi connectivity index (χ2v) is 13.6. The molecular formula is C46H37BIrN2O2-2. The van der Waals surface area contributed by atoms with Gasteiger partial charge in [-0.15, -0.1) is 59.1 Å². The molecule has 0 N–H and O–H groups in total. The maximum Gasteiger partial charge on any atom is 0.241 e. The second kappa shape index (κ2) is 14.4. The van der Waals surface area contributed by atoms with E-state index in [0.717, 1.165) is 67.5 Å². The molecule has 2 aliphatic heterocycles. The van der Waals surface area contributed by atoms with Gasteiger partial charge in [-0.05, 0) is 97.5 Å². The maximum absolute atomic E-state index is 6.59. The molecule has 0 bridgehead atoms. The molecule has 0 amide bonds. The van der Waals surface area contributed by atoms with Gasteiger partial charge in [-0.25, -0.2) is 0 Å². The number of hydrogen-bond donors (Lipinski definition) is 0. The molecule has 0 aliphatic carbocycles. The van der Waals surface area contributed by atoms with Crippen LogP contribution in [-0.4, -0.2) is 16.7 Å².